The first-order valence-electron chi connectivity index (χ1n) is 14.5. The molecule has 0 radical (unpaired) electrons. The molecule has 0 bridgehead atoms. The van der Waals surface area contributed by atoms with Gasteiger partial charge in [0.1, 0.15) is 12.2 Å². The lowest BCUT2D eigenvalue weighted by Crippen LogP contribution is -2.51. The molecule has 0 unspecified atom stereocenters. The van der Waals surface area contributed by atoms with Crippen molar-refractivity contribution in [3.05, 3.63) is 11.6 Å². The third kappa shape index (κ3) is 5.28. The maximum Gasteiger partial charge on any atom is 0.302 e. The minimum absolute atomic E-state index is 0.0473. The van der Waals surface area contributed by atoms with E-state index < -0.39 is 5.60 Å². The third-order valence-electron chi connectivity index (χ3n) is 11.0. The lowest BCUT2D eigenvalue weighted by molar-refractivity contribution is -0.153. The predicted molar refractivity (Wildman–Crippen MR) is 141 cm³/mol. The maximum absolute atomic E-state index is 12.0. The number of ether oxygens (including phenoxy) is 2. The van der Waals surface area contributed by atoms with Gasteiger partial charge in [-0.3, -0.25) is 9.59 Å². The van der Waals surface area contributed by atoms with Crippen LogP contribution in [0, 0.1) is 40.4 Å². The Labute approximate surface area is 218 Å². The van der Waals surface area contributed by atoms with E-state index >= 15 is 0 Å². The SMILES string of the molecule is CC(=O)O[C@H]1CC[C@@]2(C)C(=CC[C@H]3[C@@H]4CC[C@H]([C@H](C)[C@@H](CCC(C)(C)O)OC(C)=O)[C@@]4(C)CC[C@@H]32)C1. The molecule has 0 heterocycles. The van der Waals surface area contributed by atoms with E-state index in [0.717, 1.165) is 25.7 Å². The molecule has 1 N–H and O–H groups in total. The second-order valence-electron chi connectivity index (χ2n) is 13.8. The molecule has 0 aliphatic heterocycles. The molecule has 0 aromatic carbocycles. The van der Waals surface area contributed by atoms with Crippen LogP contribution in [0.5, 0.6) is 0 Å². The van der Waals surface area contributed by atoms with Crippen LogP contribution in [-0.4, -0.2) is 34.9 Å². The van der Waals surface area contributed by atoms with E-state index in [-0.39, 0.29) is 40.9 Å². The van der Waals surface area contributed by atoms with Gasteiger partial charge in [-0.2, -0.15) is 0 Å². The summed E-state index contributed by atoms with van der Waals surface area (Å²) in [6, 6.07) is 0. The van der Waals surface area contributed by atoms with E-state index in [4.69, 9.17) is 9.47 Å². The topological polar surface area (TPSA) is 72.8 Å². The predicted octanol–water partition coefficient (Wildman–Crippen LogP) is 6.62. The van der Waals surface area contributed by atoms with Crippen LogP contribution < -0.4 is 0 Å². The molecular weight excluding hydrogens is 452 g/mol. The van der Waals surface area contributed by atoms with E-state index in [2.05, 4.69) is 26.8 Å². The molecule has 3 saturated carbocycles. The van der Waals surface area contributed by atoms with Crippen LogP contribution in [0.2, 0.25) is 0 Å². The number of esters is 2. The normalized spacial score (nSPS) is 39.7. The Morgan fingerprint density at radius 3 is 2.44 bits per heavy atom. The number of hydrogen-bond donors (Lipinski definition) is 1. The van der Waals surface area contributed by atoms with Crippen LogP contribution >= 0.6 is 0 Å². The fourth-order valence-corrected chi connectivity index (χ4v) is 9.26. The van der Waals surface area contributed by atoms with Gasteiger partial charge in [-0.05, 0) is 112 Å². The number of hydrogen-bond acceptors (Lipinski definition) is 5. The van der Waals surface area contributed by atoms with E-state index in [1.807, 2.05) is 13.8 Å². The van der Waals surface area contributed by atoms with Gasteiger partial charge in [0.25, 0.3) is 0 Å². The van der Waals surface area contributed by atoms with Crippen LogP contribution in [0.25, 0.3) is 0 Å². The standard InChI is InChI=1S/C31H50O5/c1-19(28(36-21(3)33)14-15-29(4,5)34)25-10-11-26-24-9-8-22-18-23(35-20(2)32)12-16-30(22,6)27(24)13-17-31(25,26)7/h8,19,23-28,34H,9-18H2,1-7H3/t19-,23-,24-,25+,26-,27-,28+,30-,31+/m0/s1. The molecule has 0 spiro atoms. The van der Waals surface area contributed by atoms with E-state index in [1.54, 1.807) is 0 Å². The summed E-state index contributed by atoms with van der Waals surface area (Å²) in [7, 11) is 0. The summed E-state index contributed by atoms with van der Waals surface area (Å²) in [5, 5.41) is 10.3. The molecule has 4 aliphatic rings. The maximum atomic E-state index is 12.0. The lowest BCUT2D eigenvalue weighted by Gasteiger charge is -2.58. The summed E-state index contributed by atoms with van der Waals surface area (Å²) < 4.78 is 11.5. The van der Waals surface area contributed by atoms with Crippen molar-refractivity contribution in [2.45, 2.75) is 130 Å². The van der Waals surface area contributed by atoms with Gasteiger partial charge in [0.05, 0.1) is 5.60 Å². The number of carbonyl (C=O) groups is 2. The van der Waals surface area contributed by atoms with Gasteiger partial charge in [-0.25, -0.2) is 0 Å². The fraction of sp³-hybridized carbons (Fsp3) is 0.871. The summed E-state index contributed by atoms with van der Waals surface area (Å²) in [5.74, 6) is 2.57. The van der Waals surface area contributed by atoms with Crippen LogP contribution in [0.15, 0.2) is 11.6 Å². The number of allylic oxidation sites excluding steroid dienone is 1. The largest absolute Gasteiger partial charge is 0.462 e. The Morgan fingerprint density at radius 1 is 1.08 bits per heavy atom. The van der Waals surface area contributed by atoms with E-state index in [9.17, 15) is 14.7 Å². The zero-order valence-electron chi connectivity index (χ0n) is 23.8. The smallest absolute Gasteiger partial charge is 0.302 e. The molecule has 36 heavy (non-hydrogen) atoms. The highest BCUT2D eigenvalue weighted by Crippen LogP contribution is 2.67. The highest BCUT2D eigenvalue weighted by molar-refractivity contribution is 5.66. The summed E-state index contributed by atoms with van der Waals surface area (Å²) in [6.07, 6.45) is 12.9. The molecule has 5 heteroatoms. The molecule has 204 valence electrons. The van der Waals surface area contributed by atoms with Crippen molar-refractivity contribution in [1.82, 2.24) is 0 Å². The number of carbonyl (C=O) groups excluding carboxylic acids is 2. The van der Waals surface area contributed by atoms with Gasteiger partial charge in [-0.1, -0.05) is 32.4 Å². The van der Waals surface area contributed by atoms with Crippen molar-refractivity contribution in [1.29, 1.82) is 0 Å². The van der Waals surface area contributed by atoms with E-state index in [1.165, 1.54) is 45.1 Å². The average molecular weight is 503 g/mol. The quantitative estimate of drug-likeness (QED) is 0.313. The van der Waals surface area contributed by atoms with Gasteiger partial charge in [0.2, 0.25) is 0 Å². The minimum Gasteiger partial charge on any atom is -0.462 e. The number of rotatable bonds is 7. The molecule has 0 saturated heterocycles. The number of fused-ring (bicyclic) bond motifs is 5. The Hall–Kier alpha value is -1.36. The van der Waals surface area contributed by atoms with Crippen LogP contribution in [0.1, 0.15) is 113 Å². The Bertz CT molecular complexity index is 871. The first kappa shape index (κ1) is 27.7. The fourth-order valence-electron chi connectivity index (χ4n) is 9.26. The first-order chi connectivity index (χ1) is 16.7. The van der Waals surface area contributed by atoms with Crippen LogP contribution in [0.3, 0.4) is 0 Å². The van der Waals surface area contributed by atoms with E-state index in [0.29, 0.717) is 36.5 Å². The molecule has 5 nitrogen and oxygen atoms in total. The second kappa shape index (κ2) is 10.1. The molecule has 9 atom stereocenters. The Morgan fingerprint density at radius 2 is 1.81 bits per heavy atom. The van der Waals surface area contributed by atoms with Crippen molar-refractivity contribution >= 4 is 11.9 Å². The van der Waals surface area contributed by atoms with Crippen molar-refractivity contribution in [2.75, 3.05) is 0 Å². The summed E-state index contributed by atoms with van der Waals surface area (Å²) in [5.41, 5.74) is 1.28. The highest BCUT2D eigenvalue weighted by Gasteiger charge is 2.60. The highest BCUT2D eigenvalue weighted by atomic mass is 16.5. The van der Waals surface area contributed by atoms with Crippen molar-refractivity contribution < 1.29 is 24.2 Å². The molecule has 0 aromatic rings. The number of aliphatic hydroxyl groups is 1. The summed E-state index contributed by atoms with van der Waals surface area (Å²) >= 11 is 0. The lowest BCUT2D eigenvalue weighted by atomic mass is 9.47. The van der Waals surface area contributed by atoms with Crippen molar-refractivity contribution in [3.8, 4) is 0 Å². The van der Waals surface area contributed by atoms with Gasteiger partial charge < -0.3 is 14.6 Å². The zero-order valence-corrected chi connectivity index (χ0v) is 23.8. The van der Waals surface area contributed by atoms with Gasteiger partial charge in [0, 0.05) is 20.3 Å². The van der Waals surface area contributed by atoms with Crippen molar-refractivity contribution in [3.63, 3.8) is 0 Å². The zero-order chi connectivity index (χ0) is 26.5. The minimum atomic E-state index is -0.756. The molecule has 4 rings (SSSR count). The van der Waals surface area contributed by atoms with Crippen molar-refractivity contribution in [2.24, 2.45) is 40.4 Å². The second-order valence-corrected chi connectivity index (χ2v) is 13.8. The Kier molecular flexibility index (Phi) is 7.74. The summed E-state index contributed by atoms with van der Waals surface area (Å²) in [6.45, 7) is 14.0. The first-order valence-corrected chi connectivity index (χ1v) is 14.5. The van der Waals surface area contributed by atoms with Crippen LogP contribution in [0.4, 0.5) is 0 Å². The summed E-state index contributed by atoms with van der Waals surface area (Å²) in [4.78, 5) is 23.5. The Balaban J connectivity index is 1.51. The molecular formula is C31H50O5. The van der Waals surface area contributed by atoms with Gasteiger partial charge in [-0.15, -0.1) is 0 Å². The van der Waals surface area contributed by atoms with Crippen LogP contribution in [-0.2, 0) is 19.1 Å². The molecule has 3 fully saturated rings. The average Bonchev–Trinajstić information content (AvgIpc) is 3.12. The van der Waals surface area contributed by atoms with Gasteiger partial charge in [0.15, 0.2) is 0 Å². The molecule has 0 amide bonds. The molecule has 4 aliphatic carbocycles. The van der Waals surface area contributed by atoms with Gasteiger partial charge >= 0.3 is 11.9 Å². The molecule has 0 aromatic heterocycles. The monoisotopic (exact) mass is 502 g/mol. The third-order valence-corrected chi connectivity index (χ3v) is 11.0.